The second kappa shape index (κ2) is 7.14. The van der Waals surface area contributed by atoms with Crippen molar-refractivity contribution in [1.29, 1.82) is 0 Å². The molecule has 0 saturated heterocycles. The summed E-state index contributed by atoms with van der Waals surface area (Å²) < 4.78 is 52.1. The van der Waals surface area contributed by atoms with Crippen molar-refractivity contribution in [3.63, 3.8) is 0 Å². The number of hydrogen-bond acceptors (Lipinski definition) is 4. The number of rotatable bonds is 4. The highest BCUT2D eigenvalue weighted by Gasteiger charge is 2.31. The van der Waals surface area contributed by atoms with Crippen molar-refractivity contribution < 1.29 is 22.4 Å². The Morgan fingerprint density at radius 3 is 2.59 bits per heavy atom. The number of carbonyl (C=O) groups is 1. The monoisotopic (exact) mass is 379 g/mol. The molecule has 1 heterocycles. The number of hydrogen-bond donors (Lipinski definition) is 1. The molecule has 6 nitrogen and oxygen atoms in total. The molecule has 0 bridgehead atoms. The number of nitrogens with zero attached hydrogens (tertiary/aromatic N) is 4. The van der Waals surface area contributed by atoms with Crippen molar-refractivity contribution in [1.82, 2.24) is 20.2 Å². The van der Waals surface area contributed by atoms with Gasteiger partial charge in [-0.25, -0.2) is 4.39 Å². The van der Waals surface area contributed by atoms with Crippen LogP contribution in [0.1, 0.15) is 18.5 Å². The molecule has 0 aliphatic rings. The van der Waals surface area contributed by atoms with Gasteiger partial charge in [-0.3, -0.25) is 4.79 Å². The molecule has 0 fully saturated rings. The van der Waals surface area contributed by atoms with E-state index in [-0.39, 0.29) is 17.1 Å². The number of carbonyl (C=O) groups excluding carboxylic acids is 1. The van der Waals surface area contributed by atoms with Crippen LogP contribution in [-0.2, 0) is 11.0 Å². The molecule has 140 valence electrons. The summed E-state index contributed by atoms with van der Waals surface area (Å²) in [5, 5.41) is 13.8. The summed E-state index contributed by atoms with van der Waals surface area (Å²) in [5.41, 5.74) is -0.743. The third-order valence-corrected chi connectivity index (χ3v) is 3.73. The lowest BCUT2D eigenvalue weighted by atomic mass is 10.1. The molecule has 0 unspecified atom stereocenters. The highest BCUT2D eigenvalue weighted by atomic mass is 19.4. The number of nitrogens with one attached hydrogen (secondary N) is 1. The van der Waals surface area contributed by atoms with Gasteiger partial charge in [0.15, 0.2) is 0 Å². The molecule has 3 rings (SSSR count). The van der Waals surface area contributed by atoms with Gasteiger partial charge in [0.25, 0.3) is 5.91 Å². The van der Waals surface area contributed by atoms with Crippen LogP contribution in [0.3, 0.4) is 0 Å². The van der Waals surface area contributed by atoms with Gasteiger partial charge in [0.2, 0.25) is 5.82 Å². The van der Waals surface area contributed by atoms with Crippen molar-refractivity contribution in [3.05, 3.63) is 59.9 Å². The Kier molecular flexibility index (Phi) is 4.89. The molecule has 1 atom stereocenters. The zero-order valence-electron chi connectivity index (χ0n) is 13.9. The largest absolute Gasteiger partial charge is 0.416 e. The molecule has 0 radical (unpaired) electrons. The quantitative estimate of drug-likeness (QED) is 0.702. The normalized spacial score (nSPS) is 12.6. The molecule has 0 aliphatic carbocycles. The number of benzene rings is 2. The molecule has 3 aromatic rings. The summed E-state index contributed by atoms with van der Waals surface area (Å²) in [6.07, 6.45) is -4.50. The number of halogens is 4. The lowest BCUT2D eigenvalue weighted by Gasteiger charge is -2.11. The van der Waals surface area contributed by atoms with Crippen LogP contribution in [0.25, 0.3) is 11.4 Å². The summed E-state index contributed by atoms with van der Waals surface area (Å²) in [7, 11) is 0. The first kappa shape index (κ1) is 18.5. The Balaban J connectivity index is 1.79. The minimum absolute atomic E-state index is 0.00688. The van der Waals surface area contributed by atoms with E-state index in [1.54, 1.807) is 6.07 Å². The summed E-state index contributed by atoms with van der Waals surface area (Å²) in [4.78, 5) is 13.2. The fourth-order valence-electron chi connectivity index (χ4n) is 2.24. The Morgan fingerprint density at radius 2 is 1.89 bits per heavy atom. The first-order valence-corrected chi connectivity index (χ1v) is 7.78. The standard InChI is InChI=1S/C17H13F4N5O/c1-10(16(27)22-14-8-3-2-7-13(14)18)26-24-15(23-25-26)11-5-4-6-12(9-11)17(19,20)21/h2-10H,1H3,(H,22,27)/t10-/m1/s1. The zero-order valence-corrected chi connectivity index (χ0v) is 13.9. The van der Waals surface area contributed by atoms with Crippen molar-refractivity contribution >= 4 is 11.6 Å². The van der Waals surface area contributed by atoms with Crippen LogP contribution in [0.15, 0.2) is 48.5 Å². The van der Waals surface area contributed by atoms with E-state index in [4.69, 9.17) is 0 Å². The van der Waals surface area contributed by atoms with Gasteiger partial charge in [0.1, 0.15) is 11.9 Å². The van der Waals surface area contributed by atoms with Crippen LogP contribution >= 0.6 is 0 Å². The molecule has 1 amide bonds. The molecule has 2 aromatic carbocycles. The van der Waals surface area contributed by atoms with Crippen molar-refractivity contribution in [3.8, 4) is 11.4 Å². The first-order chi connectivity index (χ1) is 12.8. The smallest absolute Gasteiger partial charge is 0.322 e. The number of alkyl halides is 3. The van der Waals surface area contributed by atoms with Crippen LogP contribution < -0.4 is 5.32 Å². The Labute approximate surface area is 150 Å². The van der Waals surface area contributed by atoms with Gasteiger partial charge in [-0.2, -0.15) is 18.0 Å². The predicted molar refractivity (Wildman–Crippen MR) is 88.0 cm³/mol. The Morgan fingerprint density at radius 1 is 1.15 bits per heavy atom. The maximum absolute atomic E-state index is 13.6. The van der Waals surface area contributed by atoms with Gasteiger partial charge in [0.05, 0.1) is 11.3 Å². The molecule has 0 aliphatic heterocycles. The maximum Gasteiger partial charge on any atom is 0.416 e. The molecule has 1 aromatic heterocycles. The second-order valence-corrected chi connectivity index (χ2v) is 5.66. The first-order valence-electron chi connectivity index (χ1n) is 7.78. The van der Waals surface area contributed by atoms with E-state index >= 15 is 0 Å². The summed E-state index contributed by atoms with van der Waals surface area (Å²) >= 11 is 0. The van der Waals surface area contributed by atoms with Gasteiger partial charge in [-0.15, -0.1) is 10.2 Å². The Hall–Kier alpha value is -3.30. The topological polar surface area (TPSA) is 72.7 Å². The predicted octanol–water partition coefficient (Wildman–Crippen LogP) is 3.70. The highest BCUT2D eigenvalue weighted by Crippen LogP contribution is 2.31. The van der Waals surface area contributed by atoms with Crippen molar-refractivity contribution in [2.45, 2.75) is 19.1 Å². The third-order valence-electron chi connectivity index (χ3n) is 3.73. The second-order valence-electron chi connectivity index (χ2n) is 5.66. The van der Waals surface area contributed by atoms with Crippen LogP contribution in [0.4, 0.5) is 23.2 Å². The lowest BCUT2D eigenvalue weighted by Crippen LogP contribution is -2.25. The van der Waals surface area contributed by atoms with Gasteiger partial charge >= 0.3 is 6.18 Å². The molecule has 1 N–H and O–H groups in total. The number of aromatic nitrogens is 4. The minimum Gasteiger partial charge on any atom is -0.322 e. The van der Waals surface area contributed by atoms with Gasteiger partial charge in [-0.1, -0.05) is 24.3 Å². The summed E-state index contributed by atoms with van der Waals surface area (Å²) in [5.74, 6) is -1.27. The number of tetrazole rings is 1. The average Bonchev–Trinajstić information content (AvgIpc) is 3.12. The van der Waals surface area contributed by atoms with E-state index in [1.165, 1.54) is 37.3 Å². The van der Waals surface area contributed by atoms with E-state index in [0.29, 0.717) is 0 Å². The van der Waals surface area contributed by atoms with Crippen LogP contribution in [-0.4, -0.2) is 26.1 Å². The number of amides is 1. The number of para-hydroxylation sites is 1. The molecule has 27 heavy (non-hydrogen) atoms. The Bertz CT molecular complexity index is 970. The van der Waals surface area contributed by atoms with Crippen LogP contribution in [0, 0.1) is 5.82 Å². The highest BCUT2D eigenvalue weighted by molar-refractivity contribution is 5.93. The molecule has 0 saturated carbocycles. The maximum atomic E-state index is 13.6. The van der Waals surface area contributed by atoms with E-state index in [2.05, 4.69) is 20.7 Å². The fourth-order valence-corrected chi connectivity index (χ4v) is 2.24. The van der Waals surface area contributed by atoms with Crippen LogP contribution in [0.5, 0.6) is 0 Å². The summed E-state index contributed by atoms with van der Waals surface area (Å²) in [6.45, 7) is 1.45. The van der Waals surface area contributed by atoms with Crippen molar-refractivity contribution in [2.75, 3.05) is 5.32 Å². The SMILES string of the molecule is C[C@H](C(=O)Nc1ccccc1F)n1nnc(-c2cccc(C(F)(F)F)c2)n1. The van der Waals surface area contributed by atoms with Crippen molar-refractivity contribution in [2.24, 2.45) is 0 Å². The minimum atomic E-state index is -4.50. The van der Waals surface area contributed by atoms with Crippen LogP contribution in [0.2, 0.25) is 0 Å². The van der Waals surface area contributed by atoms with E-state index in [9.17, 15) is 22.4 Å². The van der Waals surface area contributed by atoms with E-state index in [1.807, 2.05) is 0 Å². The molecular formula is C17H13F4N5O. The summed E-state index contributed by atoms with van der Waals surface area (Å²) in [6, 6.07) is 9.12. The zero-order chi connectivity index (χ0) is 19.6. The number of anilines is 1. The average molecular weight is 379 g/mol. The van der Waals surface area contributed by atoms with Gasteiger partial charge in [-0.05, 0) is 36.4 Å². The van der Waals surface area contributed by atoms with E-state index < -0.39 is 29.5 Å². The molecule has 0 spiro atoms. The lowest BCUT2D eigenvalue weighted by molar-refractivity contribution is -0.137. The van der Waals surface area contributed by atoms with E-state index in [0.717, 1.165) is 16.9 Å². The van der Waals surface area contributed by atoms with Gasteiger partial charge < -0.3 is 5.32 Å². The third kappa shape index (κ3) is 4.10. The molecular weight excluding hydrogens is 366 g/mol. The van der Waals surface area contributed by atoms with Gasteiger partial charge in [0, 0.05) is 5.56 Å². The fraction of sp³-hybridized carbons (Fsp3) is 0.176. The molecule has 10 heteroatoms.